The first-order chi connectivity index (χ1) is 7.14. The van der Waals surface area contributed by atoms with Crippen LogP contribution in [0.5, 0.6) is 0 Å². The molecule has 84 valence electrons. The molecule has 1 heterocycles. The third kappa shape index (κ3) is 4.93. The fraction of sp³-hybridized carbons (Fsp3) is 0.615. The molecule has 1 N–H and O–H groups in total. The van der Waals surface area contributed by atoms with Gasteiger partial charge in [0.05, 0.1) is 0 Å². The van der Waals surface area contributed by atoms with Crippen molar-refractivity contribution >= 4 is 0 Å². The van der Waals surface area contributed by atoms with Crippen LogP contribution in [0, 0.1) is 0 Å². The number of aromatic nitrogens is 1. The molecule has 2 nitrogen and oxygen atoms in total. The number of rotatable bonds is 6. The van der Waals surface area contributed by atoms with Crippen LogP contribution in [-0.2, 0) is 6.42 Å². The summed E-state index contributed by atoms with van der Waals surface area (Å²) in [7, 11) is 0. The van der Waals surface area contributed by atoms with Gasteiger partial charge in [0, 0.05) is 17.9 Å². The number of nitrogens with zero attached hydrogens (tertiary/aromatic N) is 1. The Labute approximate surface area is 93.1 Å². The Balaban J connectivity index is 2.27. The van der Waals surface area contributed by atoms with Gasteiger partial charge in [-0.2, -0.15) is 0 Å². The average Bonchev–Trinajstić information content (AvgIpc) is 2.19. The van der Waals surface area contributed by atoms with Gasteiger partial charge in [-0.3, -0.25) is 4.98 Å². The van der Waals surface area contributed by atoms with Gasteiger partial charge in [0.2, 0.25) is 0 Å². The Morgan fingerprint density at radius 1 is 1.27 bits per heavy atom. The van der Waals surface area contributed by atoms with Gasteiger partial charge in [-0.05, 0) is 50.9 Å². The first kappa shape index (κ1) is 12.2. The summed E-state index contributed by atoms with van der Waals surface area (Å²) in [5.74, 6) is 0. The molecule has 1 rings (SSSR count). The molecule has 0 unspecified atom stereocenters. The van der Waals surface area contributed by atoms with E-state index < -0.39 is 0 Å². The SMILES string of the molecule is CCCC(C)(C)NCCc1ccncc1. The van der Waals surface area contributed by atoms with Gasteiger partial charge in [0.15, 0.2) is 0 Å². The van der Waals surface area contributed by atoms with Gasteiger partial charge in [-0.15, -0.1) is 0 Å². The van der Waals surface area contributed by atoms with E-state index in [1.54, 1.807) is 0 Å². The van der Waals surface area contributed by atoms with Crippen molar-refractivity contribution in [2.45, 2.75) is 45.6 Å². The highest BCUT2D eigenvalue weighted by Crippen LogP contribution is 2.10. The molecule has 0 spiro atoms. The van der Waals surface area contributed by atoms with Crippen LogP contribution in [-0.4, -0.2) is 17.1 Å². The standard InChI is InChI=1S/C13H22N2/c1-4-8-13(2,3)15-11-7-12-5-9-14-10-6-12/h5-6,9-10,15H,4,7-8,11H2,1-3H3. The molecule has 0 saturated carbocycles. The van der Waals surface area contributed by atoms with Crippen molar-refractivity contribution in [3.8, 4) is 0 Å². The topological polar surface area (TPSA) is 24.9 Å². The third-order valence-corrected chi connectivity index (χ3v) is 2.64. The summed E-state index contributed by atoms with van der Waals surface area (Å²) in [5.41, 5.74) is 1.62. The van der Waals surface area contributed by atoms with E-state index in [0.29, 0.717) is 0 Å². The zero-order chi connectivity index (χ0) is 11.1. The highest BCUT2D eigenvalue weighted by atomic mass is 14.9. The molecule has 1 aromatic rings. The van der Waals surface area contributed by atoms with Crippen molar-refractivity contribution in [2.75, 3.05) is 6.54 Å². The molecule has 15 heavy (non-hydrogen) atoms. The van der Waals surface area contributed by atoms with E-state index in [9.17, 15) is 0 Å². The lowest BCUT2D eigenvalue weighted by Gasteiger charge is -2.25. The lowest BCUT2D eigenvalue weighted by molar-refractivity contribution is 0.361. The molecule has 0 aliphatic carbocycles. The highest BCUT2D eigenvalue weighted by molar-refractivity contribution is 5.09. The molecule has 1 aromatic heterocycles. The molecule has 0 aromatic carbocycles. The Morgan fingerprint density at radius 2 is 1.93 bits per heavy atom. The Kier molecular flexibility index (Phi) is 4.76. The van der Waals surface area contributed by atoms with Crippen molar-refractivity contribution in [3.05, 3.63) is 30.1 Å². The molecule has 0 fully saturated rings. The second kappa shape index (κ2) is 5.86. The van der Waals surface area contributed by atoms with Gasteiger partial charge in [0.1, 0.15) is 0 Å². The van der Waals surface area contributed by atoms with Crippen LogP contribution in [0.4, 0.5) is 0 Å². The monoisotopic (exact) mass is 206 g/mol. The maximum Gasteiger partial charge on any atom is 0.0270 e. The van der Waals surface area contributed by atoms with Crippen molar-refractivity contribution in [1.82, 2.24) is 10.3 Å². The molecule has 2 heteroatoms. The summed E-state index contributed by atoms with van der Waals surface area (Å²) in [4.78, 5) is 4.01. The average molecular weight is 206 g/mol. The number of nitrogens with one attached hydrogen (secondary N) is 1. The summed E-state index contributed by atoms with van der Waals surface area (Å²) < 4.78 is 0. The molecular formula is C13H22N2. The lowest BCUT2D eigenvalue weighted by Crippen LogP contribution is -2.40. The van der Waals surface area contributed by atoms with Gasteiger partial charge < -0.3 is 5.32 Å². The van der Waals surface area contributed by atoms with Crippen molar-refractivity contribution < 1.29 is 0 Å². The van der Waals surface area contributed by atoms with Gasteiger partial charge in [-0.25, -0.2) is 0 Å². The van der Waals surface area contributed by atoms with Crippen LogP contribution in [0.15, 0.2) is 24.5 Å². The summed E-state index contributed by atoms with van der Waals surface area (Å²) >= 11 is 0. The first-order valence-electron chi connectivity index (χ1n) is 5.78. The van der Waals surface area contributed by atoms with E-state index in [1.165, 1.54) is 18.4 Å². The van der Waals surface area contributed by atoms with Crippen LogP contribution >= 0.6 is 0 Å². The molecule has 0 aliphatic heterocycles. The van der Waals surface area contributed by atoms with E-state index in [-0.39, 0.29) is 5.54 Å². The van der Waals surface area contributed by atoms with Gasteiger partial charge in [-0.1, -0.05) is 13.3 Å². The maximum absolute atomic E-state index is 4.01. The summed E-state index contributed by atoms with van der Waals surface area (Å²) in [6.45, 7) is 7.80. The van der Waals surface area contributed by atoms with Crippen molar-refractivity contribution in [2.24, 2.45) is 0 Å². The van der Waals surface area contributed by atoms with Crippen molar-refractivity contribution in [3.63, 3.8) is 0 Å². The van der Waals surface area contributed by atoms with Crippen LogP contribution in [0.3, 0.4) is 0 Å². The molecular weight excluding hydrogens is 184 g/mol. The summed E-state index contributed by atoms with van der Waals surface area (Å²) in [5, 5.41) is 3.59. The molecule has 0 radical (unpaired) electrons. The lowest BCUT2D eigenvalue weighted by atomic mass is 9.98. The minimum Gasteiger partial charge on any atom is -0.311 e. The molecule has 0 aliphatic rings. The van der Waals surface area contributed by atoms with Crippen LogP contribution in [0.2, 0.25) is 0 Å². The van der Waals surface area contributed by atoms with E-state index in [4.69, 9.17) is 0 Å². The number of pyridine rings is 1. The Hall–Kier alpha value is -0.890. The van der Waals surface area contributed by atoms with E-state index in [1.807, 2.05) is 12.4 Å². The predicted octanol–water partition coefficient (Wildman–Crippen LogP) is 2.79. The van der Waals surface area contributed by atoms with Gasteiger partial charge >= 0.3 is 0 Å². The Morgan fingerprint density at radius 3 is 2.53 bits per heavy atom. The van der Waals surface area contributed by atoms with Crippen LogP contribution < -0.4 is 5.32 Å². The minimum atomic E-state index is 0.266. The smallest absolute Gasteiger partial charge is 0.0270 e. The summed E-state index contributed by atoms with van der Waals surface area (Å²) in [6, 6.07) is 4.16. The zero-order valence-electron chi connectivity index (χ0n) is 10.1. The first-order valence-corrected chi connectivity index (χ1v) is 5.78. The highest BCUT2D eigenvalue weighted by Gasteiger charge is 2.14. The van der Waals surface area contributed by atoms with Crippen molar-refractivity contribution in [1.29, 1.82) is 0 Å². The second-order valence-corrected chi connectivity index (χ2v) is 4.67. The normalized spacial score (nSPS) is 11.7. The van der Waals surface area contributed by atoms with Gasteiger partial charge in [0.25, 0.3) is 0 Å². The Bertz CT molecular complexity index is 267. The fourth-order valence-corrected chi connectivity index (χ4v) is 1.81. The summed E-state index contributed by atoms with van der Waals surface area (Å²) in [6.07, 6.45) is 7.24. The molecule has 0 amide bonds. The quantitative estimate of drug-likeness (QED) is 0.774. The minimum absolute atomic E-state index is 0.266. The van der Waals surface area contributed by atoms with Crippen LogP contribution in [0.25, 0.3) is 0 Å². The van der Waals surface area contributed by atoms with E-state index >= 15 is 0 Å². The molecule has 0 atom stereocenters. The van der Waals surface area contributed by atoms with E-state index in [0.717, 1.165) is 13.0 Å². The maximum atomic E-state index is 4.01. The van der Waals surface area contributed by atoms with E-state index in [2.05, 4.69) is 43.2 Å². The molecule has 0 bridgehead atoms. The largest absolute Gasteiger partial charge is 0.311 e. The predicted molar refractivity (Wildman–Crippen MR) is 64.9 cm³/mol. The number of hydrogen-bond acceptors (Lipinski definition) is 2. The molecule has 0 saturated heterocycles. The number of hydrogen-bond donors (Lipinski definition) is 1. The van der Waals surface area contributed by atoms with Crippen LogP contribution in [0.1, 0.15) is 39.2 Å². The third-order valence-electron chi connectivity index (χ3n) is 2.64. The fourth-order valence-electron chi connectivity index (χ4n) is 1.81. The second-order valence-electron chi connectivity index (χ2n) is 4.67. The zero-order valence-corrected chi connectivity index (χ0v) is 10.1.